The fourth-order valence-electron chi connectivity index (χ4n) is 1.40. The van der Waals surface area contributed by atoms with Gasteiger partial charge in [-0.05, 0) is 13.0 Å². The molecular weight excluding hydrogens is 293 g/mol. The average Bonchev–Trinajstić information content (AvgIpc) is 2.28. The minimum absolute atomic E-state index is 0. The Kier molecular flexibility index (Phi) is 6.02. The van der Waals surface area contributed by atoms with Crippen molar-refractivity contribution in [3.63, 3.8) is 0 Å². The summed E-state index contributed by atoms with van der Waals surface area (Å²) >= 11 is 0. The average molecular weight is 306 g/mol. The Morgan fingerprint density at radius 1 is 1.16 bits per heavy atom. The molecule has 0 spiro atoms. The smallest absolute Gasteiger partial charge is 0.455 e. The summed E-state index contributed by atoms with van der Waals surface area (Å²) in [5.74, 6) is -5.09. The molecule has 0 fully saturated rings. The maximum absolute atomic E-state index is 13.1. The molecule has 0 unspecified atom stereocenters. The van der Waals surface area contributed by atoms with E-state index in [2.05, 4.69) is 0 Å². The van der Waals surface area contributed by atoms with Gasteiger partial charge in [0.25, 0.3) is 0 Å². The number of para-hydroxylation sites is 1. The third kappa shape index (κ3) is 3.70. The molecule has 2 N–H and O–H groups in total. The maximum Gasteiger partial charge on any atom is 0.455 e. The molecule has 0 saturated carbocycles. The number of alkyl halides is 5. The third-order valence-electron chi connectivity index (χ3n) is 2.32. The van der Waals surface area contributed by atoms with E-state index in [9.17, 15) is 22.0 Å². The first-order chi connectivity index (χ1) is 8.21. The van der Waals surface area contributed by atoms with Crippen LogP contribution in [0, 0.1) is 0 Å². The lowest BCUT2D eigenvalue weighted by molar-refractivity contribution is -0.291. The molecule has 0 aliphatic heterocycles. The van der Waals surface area contributed by atoms with Crippen LogP contribution in [-0.2, 0) is 0 Å². The monoisotopic (exact) mass is 305 g/mol. The lowest BCUT2D eigenvalue weighted by atomic mass is 10.00. The summed E-state index contributed by atoms with van der Waals surface area (Å²) in [5.41, 5.74) is 4.67. The van der Waals surface area contributed by atoms with E-state index in [0.717, 1.165) is 6.07 Å². The van der Waals surface area contributed by atoms with Crippen LogP contribution in [0.15, 0.2) is 24.3 Å². The highest BCUT2D eigenvalue weighted by Gasteiger charge is 2.62. The molecule has 0 bridgehead atoms. The van der Waals surface area contributed by atoms with Gasteiger partial charge < -0.3 is 10.5 Å². The molecule has 0 saturated heterocycles. The van der Waals surface area contributed by atoms with Gasteiger partial charge in [0.05, 0.1) is 6.61 Å². The van der Waals surface area contributed by atoms with E-state index in [1.54, 1.807) is 6.92 Å². The standard InChI is InChI=1S/C11H12F5NO.ClH/c1-2-18-8-6-4-3-5-7(8)9(17)10(12,13)11(14,15)16;/h3-6,9H,2,17H2,1H3;1H/t9-;/m0./s1. The minimum atomic E-state index is -5.70. The largest absolute Gasteiger partial charge is 0.494 e. The molecule has 19 heavy (non-hydrogen) atoms. The van der Waals surface area contributed by atoms with Crippen molar-refractivity contribution < 1.29 is 26.7 Å². The van der Waals surface area contributed by atoms with E-state index >= 15 is 0 Å². The first-order valence-corrected chi connectivity index (χ1v) is 5.13. The van der Waals surface area contributed by atoms with Gasteiger partial charge in [0.2, 0.25) is 0 Å². The summed E-state index contributed by atoms with van der Waals surface area (Å²) in [6, 6.07) is 2.68. The molecule has 1 atom stereocenters. The van der Waals surface area contributed by atoms with Crippen molar-refractivity contribution in [2.75, 3.05) is 6.61 Å². The summed E-state index contributed by atoms with van der Waals surface area (Å²) in [4.78, 5) is 0. The van der Waals surface area contributed by atoms with E-state index in [4.69, 9.17) is 10.5 Å². The minimum Gasteiger partial charge on any atom is -0.494 e. The van der Waals surface area contributed by atoms with E-state index in [-0.39, 0.29) is 30.3 Å². The third-order valence-corrected chi connectivity index (χ3v) is 2.32. The molecule has 1 aromatic carbocycles. The molecular formula is C11H13ClF5NO. The van der Waals surface area contributed by atoms with Gasteiger partial charge in [-0.1, -0.05) is 18.2 Å². The van der Waals surface area contributed by atoms with E-state index in [1.165, 1.54) is 18.2 Å². The Morgan fingerprint density at radius 2 is 1.68 bits per heavy atom. The molecule has 0 aromatic heterocycles. The zero-order valence-corrected chi connectivity index (χ0v) is 10.7. The van der Waals surface area contributed by atoms with Gasteiger partial charge >= 0.3 is 12.1 Å². The van der Waals surface area contributed by atoms with Crippen LogP contribution in [0.3, 0.4) is 0 Å². The number of rotatable bonds is 4. The molecule has 1 rings (SSSR count). The van der Waals surface area contributed by atoms with Crippen molar-refractivity contribution >= 4 is 12.4 Å². The number of benzene rings is 1. The first-order valence-electron chi connectivity index (χ1n) is 5.13. The number of hydrogen-bond donors (Lipinski definition) is 1. The van der Waals surface area contributed by atoms with Gasteiger partial charge in [-0.15, -0.1) is 12.4 Å². The van der Waals surface area contributed by atoms with Gasteiger partial charge in [0.15, 0.2) is 0 Å². The van der Waals surface area contributed by atoms with Crippen LogP contribution in [0.4, 0.5) is 22.0 Å². The van der Waals surface area contributed by atoms with Crippen molar-refractivity contribution in [3.05, 3.63) is 29.8 Å². The molecule has 0 amide bonds. The topological polar surface area (TPSA) is 35.2 Å². The van der Waals surface area contributed by atoms with Crippen LogP contribution in [0.25, 0.3) is 0 Å². The summed E-state index contributed by atoms with van der Waals surface area (Å²) in [7, 11) is 0. The van der Waals surface area contributed by atoms with Gasteiger partial charge in [0, 0.05) is 5.56 Å². The Morgan fingerprint density at radius 3 is 2.16 bits per heavy atom. The predicted octanol–water partition coefficient (Wildman–Crippen LogP) is 3.70. The molecule has 0 aliphatic rings. The normalized spacial score (nSPS) is 13.6. The van der Waals surface area contributed by atoms with E-state index < -0.39 is 18.1 Å². The second kappa shape index (κ2) is 6.38. The molecule has 8 heteroatoms. The highest BCUT2D eigenvalue weighted by Crippen LogP contribution is 2.45. The highest BCUT2D eigenvalue weighted by molar-refractivity contribution is 5.85. The molecule has 0 radical (unpaired) electrons. The van der Waals surface area contributed by atoms with E-state index in [1.807, 2.05) is 0 Å². The summed E-state index contributed by atoms with van der Waals surface area (Å²) in [5, 5.41) is 0. The molecule has 0 aliphatic carbocycles. The second-order valence-electron chi connectivity index (χ2n) is 3.57. The zero-order valence-electron chi connectivity index (χ0n) is 9.88. The van der Waals surface area contributed by atoms with Crippen molar-refractivity contribution in [2.45, 2.75) is 25.1 Å². The summed E-state index contributed by atoms with van der Waals surface area (Å²) in [6.45, 7) is 1.73. The van der Waals surface area contributed by atoms with Crippen LogP contribution in [0.5, 0.6) is 5.75 Å². The number of nitrogens with two attached hydrogens (primary N) is 1. The fourth-order valence-corrected chi connectivity index (χ4v) is 1.40. The van der Waals surface area contributed by atoms with Gasteiger partial charge in [-0.25, -0.2) is 0 Å². The summed E-state index contributed by atoms with van der Waals surface area (Å²) in [6.07, 6.45) is -5.70. The van der Waals surface area contributed by atoms with Crippen LogP contribution in [-0.4, -0.2) is 18.7 Å². The Bertz CT molecular complexity index is 410. The Labute approximate surface area is 113 Å². The van der Waals surface area contributed by atoms with Crippen LogP contribution in [0.1, 0.15) is 18.5 Å². The Hall–Kier alpha value is -1.08. The van der Waals surface area contributed by atoms with Crippen molar-refractivity contribution in [3.8, 4) is 5.75 Å². The predicted molar refractivity (Wildman–Crippen MR) is 62.8 cm³/mol. The van der Waals surface area contributed by atoms with Gasteiger partial charge in [-0.2, -0.15) is 22.0 Å². The van der Waals surface area contributed by atoms with Crippen molar-refractivity contribution in [1.82, 2.24) is 0 Å². The van der Waals surface area contributed by atoms with Crippen molar-refractivity contribution in [1.29, 1.82) is 0 Å². The molecule has 1 aromatic rings. The zero-order chi connectivity index (χ0) is 14.0. The van der Waals surface area contributed by atoms with Gasteiger partial charge in [-0.3, -0.25) is 0 Å². The molecule has 0 heterocycles. The highest BCUT2D eigenvalue weighted by atomic mass is 35.5. The first kappa shape index (κ1) is 17.9. The van der Waals surface area contributed by atoms with Crippen LogP contribution in [0.2, 0.25) is 0 Å². The van der Waals surface area contributed by atoms with Gasteiger partial charge in [0.1, 0.15) is 11.8 Å². The maximum atomic E-state index is 13.1. The Balaban J connectivity index is 0.00000324. The van der Waals surface area contributed by atoms with Crippen LogP contribution >= 0.6 is 12.4 Å². The lowest BCUT2D eigenvalue weighted by Gasteiger charge is -2.27. The fraction of sp³-hybridized carbons (Fsp3) is 0.455. The summed E-state index contributed by atoms with van der Waals surface area (Å²) < 4.78 is 67.9. The number of ether oxygens (including phenoxy) is 1. The quantitative estimate of drug-likeness (QED) is 0.861. The lowest BCUT2D eigenvalue weighted by Crippen LogP contribution is -2.45. The molecule has 110 valence electrons. The van der Waals surface area contributed by atoms with E-state index in [0.29, 0.717) is 0 Å². The molecule has 2 nitrogen and oxygen atoms in total. The van der Waals surface area contributed by atoms with Crippen molar-refractivity contribution in [2.24, 2.45) is 5.73 Å². The number of hydrogen-bond acceptors (Lipinski definition) is 2. The number of halogens is 6. The van der Waals surface area contributed by atoms with Crippen LogP contribution < -0.4 is 10.5 Å². The second-order valence-corrected chi connectivity index (χ2v) is 3.57. The SMILES string of the molecule is CCOc1ccccc1[C@H](N)C(F)(F)C(F)(F)F.Cl.